The van der Waals surface area contributed by atoms with Crippen LogP contribution in [0.25, 0.3) is 10.9 Å². The molecule has 4 rings (SSSR count). The van der Waals surface area contributed by atoms with Crippen molar-refractivity contribution in [1.29, 1.82) is 0 Å². The summed E-state index contributed by atoms with van der Waals surface area (Å²) in [4.78, 5) is 3.31. The molecule has 0 bridgehead atoms. The van der Waals surface area contributed by atoms with Crippen molar-refractivity contribution in [3.8, 4) is 0 Å². The second-order valence-corrected chi connectivity index (χ2v) is 8.01. The van der Waals surface area contributed by atoms with Gasteiger partial charge < -0.3 is 9.47 Å². The van der Waals surface area contributed by atoms with Gasteiger partial charge in [0, 0.05) is 52.3 Å². The number of hydrogen-bond acceptors (Lipinski definition) is 1. The van der Waals surface area contributed by atoms with Gasteiger partial charge in [-0.2, -0.15) is 0 Å². The molecule has 5 heteroatoms. The molecule has 1 aliphatic rings. The summed E-state index contributed by atoms with van der Waals surface area (Å²) >= 11 is 18.3. The van der Waals surface area contributed by atoms with E-state index in [1.807, 2.05) is 12.1 Å². The third-order valence-corrected chi connectivity index (χ3v) is 6.08. The molecule has 0 amide bonds. The van der Waals surface area contributed by atoms with Crippen LogP contribution in [0.1, 0.15) is 30.4 Å². The molecule has 1 aliphatic heterocycles. The molecule has 0 radical (unpaired) electrons. The first-order valence-electron chi connectivity index (χ1n) is 8.94. The van der Waals surface area contributed by atoms with Crippen molar-refractivity contribution in [2.45, 2.75) is 25.8 Å². The molecule has 0 aliphatic carbocycles. The average Bonchev–Trinajstić information content (AvgIpc) is 3.03. The molecular weight excluding hydrogens is 383 g/mol. The predicted octanol–water partition coefficient (Wildman–Crippen LogP) is 6.16. The highest BCUT2D eigenvalue weighted by Crippen LogP contribution is 2.28. The maximum atomic E-state index is 6.39. The number of piperidine rings is 1. The highest BCUT2D eigenvalue weighted by Gasteiger charge is 2.19. The summed E-state index contributed by atoms with van der Waals surface area (Å²) in [6.07, 6.45) is 5.92. The van der Waals surface area contributed by atoms with Crippen LogP contribution in [0.3, 0.4) is 0 Å². The van der Waals surface area contributed by atoms with Crippen molar-refractivity contribution >= 4 is 51.3 Å². The Morgan fingerprint density at radius 2 is 1.77 bits per heavy atom. The van der Waals surface area contributed by atoms with Crippen LogP contribution < -0.4 is 0 Å². The molecule has 1 saturated heterocycles. The molecule has 0 N–H and O–H groups in total. The molecule has 2 aromatic carbocycles. The van der Waals surface area contributed by atoms with E-state index in [0.717, 1.165) is 29.2 Å². The summed E-state index contributed by atoms with van der Waals surface area (Å²) in [6.45, 7) is 2.81. The highest BCUT2D eigenvalue weighted by atomic mass is 35.5. The van der Waals surface area contributed by atoms with E-state index < -0.39 is 0 Å². The molecular formula is C21H20Cl2N2S. The predicted molar refractivity (Wildman–Crippen MR) is 115 cm³/mol. The minimum absolute atomic E-state index is 0.656. The summed E-state index contributed by atoms with van der Waals surface area (Å²) in [7, 11) is 0. The smallest absolute Gasteiger partial charge is 0.111 e. The fourth-order valence-corrected chi connectivity index (χ4v) is 4.46. The highest BCUT2D eigenvalue weighted by molar-refractivity contribution is 7.80. The third-order valence-electron chi connectivity index (χ3n) is 5.02. The zero-order valence-electron chi connectivity index (χ0n) is 14.4. The standard InChI is InChI=1S/C21H20Cl2N2S/c22-16-9-8-15(19(23)12-16)13-25-14-18(17-6-2-3-7-20(17)25)21(26)24-10-4-1-5-11-24/h2-3,6-9,12,14H,1,4-5,10-11,13H2. The molecule has 0 unspecified atom stereocenters. The molecule has 0 saturated carbocycles. The number of thiocarbonyl (C=S) groups is 1. The Morgan fingerprint density at radius 1 is 1.00 bits per heavy atom. The quantitative estimate of drug-likeness (QED) is 0.484. The first-order valence-corrected chi connectivity index (χ1v) is 10.1. The van der Waals surface area contributed by atoms with Gasteiger partial charge in [0.25, 0.3) is 0 Å². The van der Waals surface area contributed by atoms with Gasteiger partial charge in [0.05, 0.1) is 0 Å². The monoisotopic (exact) mass is 402 g/mol. The number of benzene rings is 2. The number of halogens is 2. The molecule has 1 fully saturated rings. The molecule has 1 aromatic heterocycles. The number of rotatable bonds is 3. The van der Waals surface area contributed by atoms with Crippen LogP contribution in [0, 0.1) is 0 Å². The van der Waals surface area contributed by atoms with Gasteiger partial charge in [0.1, 0.15) is 4.99 Å². The van der Waals surface area contributed by atoms with Crippen LogP contribution in [-0.2, 0) is 6.54 Å². The largest absolute Gasteiger partial charge is 0.362 e. The van der Waals surface area contributed by atoms with E-state index >= 15 is 0 Å². The molecule has 0 atom stereocenters. The Bertz CT molecular complexity index is 958. The number of aromatic nitrogens is 1. The number of nitrogens with zero attached hydrogens (tertiary/aromatic N) is 2. The molecule has 26 heavy (non-hydrogen) atoms. The summed E-state index contributed by atoms with van der Waals surface area (Å²) in [5, 5.41) is 2.55. The minimum Gasteiger partial charge on any atom is -0.362 e. The molecule has 3 aromatic rings. The molecule has 2 nitrogen and oxygen atoms in total. The minimum atomic E-state index is 0.656. The number of likely N-dealkylation sites (tertiary alicyclic amines) is 1. The van der Waals surface area contributed by atoms with Crippen molar-refractivity contribution in [3.05, 3.63) is 69.8 Å². The van der Waals surface area contributed by atoms with Crippen LogP contribution in [0.5, 0.6) is 0 Å². The van der Waals surface area contributed by atoms with Crippen molar-refractivity contribution in [3.63, 3.8) is 0 Å². The van der Waals surface area contributed by atoms with Gasteiger partial charge in [-0.15, -0.1) is 0 Å². The SMILES string of the molecule is S=C(c1cn(Cc2ccc(Cl)cc2Cl)c2ccccc12)N1CCCCC1. The van der Waals surface area contributed by atoms with E-state index in [4.69, 9.17) is 35.4 Å². The van der Waals surface area contributed by atoms with Crippen molar-refractivity contribution in [2.24, 2.45) is 0 Å². The number of para-hydroxylation sites is 1. The molecule has 134 valence electrons. The fraction of sp³-hybridized carbons (Fsp3) is 0.286. The van der Waals surface area contributed by atoms with Gasteiger partial charge in [0.15, 0.2) is 0 Å². The van der Waals surface area contributed by atoms with Gasteiger partial charge in [0.2, 0.25) is 0 Å². The summed E-state index contributed by atoms with van der Waals surface area (Å²) < 4.78 is 2.23. The van der Waals surface area contributed by atoms with E-state index in [0.29, 0.717) is 16.6 Å². The van der Waals surface area contributed by atoms with Gasteiger partial charge >= 0.3 is 0 Å². The second kappa shape index (κ2) is 7.59. The van der Waals surface area contributed by atoms with Gasteiger partial charge in [-0.1, -0.05) is 59.7 Å². The zero-order chi connectivity index (χ0) is 18.1. The van der Waals surface area contributed by atoms with Gasteiger partial charge in [-0.3, -0.25) is 0 Å². The second-order valence-electron chi connectivity index (χ2n) is 6.78. The summed E-state index contributed by atoms with van der Waals surface area (Å²) in [6, 6.07) is 14.1. The first-order chi connectivity index (χ1) is 12.6. The fourth-order valence-electron chi connectivity index (χ4n) is 3.65. The van der Waals surface area contributed by atoms with E-state index in [2.05, 4.69) is 39.9 Å². The zero-order valence-corrected chi connectivity index (χ0v) is 16.7. The summed E-state index contributed by atoms with van der Waals surface area (Å²) in [5.74, 6) is 0. The Kier molecular flexibility index (Phi) is 5.21. The lowest BCUT2D eigenvalue weighted by molar-refractivity contribution is 0.348. The van der Waals surface area contributed by atoms with Crippen molar-refractivity contribution in [2.75, 3.05) is 13.1 Å². The van der Waals surface area contributed by atoms with Crippen molar-refractivity contribution < 1.29 is 0 Å². The van der Waals surface area contributed by atoms with Crippen LogP contribution in [0.4, 0.5) is 0 Å². The first kappa shape index (κ1) is 17.8. The maximum Gasteiger partial charge on any atom is 0.111 e. The van der Waals surface area contributed by atoms with E-state index in [1.54, 1.807) is 6.07 Å². The Hall–Kier alpha value is -1.55. The van der Waals surface area contributed by atoms with Crippen LogP contribution >= 0.6 is 35.4 Å². The lowest BCUT2D eigenvalue weighted by Gasteiger charge is -2.28. The van der Waals surface area contributed by atoms with Gasteiger partial charge in [-0.25, -0.2) is 0 Å². The van der Waals surface area contributed by atoms with E-state index in [-0.39, 0.29) is 0 Å². The Labute approximate surface area is 169 Å². The normalized spacial score (nSPS) is 14.8. The van der Waals surface area contributed by atoms with Crippen LogP contribution in [0.15, 0.2) is 48.7 Å². The van der Waals surface area contributed by atoms with Crippen LogP contribution in [0.2, 0.25) is 10.0 Å². The Morgan fingerprint density at radius 3 is 2.54 bits per heavy atom. The maximum absolute atomic E-state index is 6.39. The summed E-state index contributed by atoms with van der Waals surface area (Å²) in [5.41, 5.74) is 3.36. The Balaban J connectivity index is 1.73. The molecule has 2 heterocycles. The van der Waals surface area contributed by atoms with Crippen molar-refractivity contribution in [1.82, 2.24) is 9.47 Å². The van der Waals surface area contributed by atoms with Gasteiger partial charge in [-0.05, 0) is 43.0 Å². The lowest BCUT2D eigenvalue weighted by Crippen LogP contribution is -2.34. The third kappa shape index (κ3) is 3.48. The number of hydrogen-bond donors (Lipinski definition) is 0. The average molecular weight is 403 g/mol. The number of fused-ring (bicyclic) bond motifs is 1. The van der Waals surface area contributed by atoms with Crippen LogP contribution in [-0.4, -0.2) is 27.5 Å². The van der Waals surface area contributed by atoms with E-state index in [9.17, 15) is 0 Å². The van der Waals surface area contributed by atoms with E-state index in [1.165, 1.54) is 30.2 Å². The lowest BCUT2D eigenvalue weighted by atomic mass is 10.1. The molecule has 0 spiro atoms. The topological polar surface area (TPSA) is 8.17 Å².